The van der Waals surface area contributed by atoms with Gasteiger partial charge in [0, 0.05) is 22.6 Å². The van der Waals surface area contributed by atoms with E-state index in [-0.39, 0.29) is 6.04 Å². The Balaban J connectivity index is 1.78. The largest absolute Gasteiger partial charge is 0.311 e. The van der Waals surface area contributed by atoms with Crippen molar-refractivity contribution in [2.24, 2.45) is 0 Å². The molecule has 0 spiro atoms. The van der Waals surface area contributed by atoms with Crippen molar-refractivity contribution in [1.82, 2.24) is 10.0 Å². The molecular weight excluding hydrogens is 340 g/mol. The number of fused-ring (bicyclic) bond motifs is 2. The molecule has 6 heteroatoms. The number of nitrogens with one attached hydrogen (secondary N) is 2. The number of aryl methyl sites for hydroxylation is 1. The summed E-state index contributed by atoms with van der Waals surface area (Å²) in [5.74, 6) is 0. The first-order chi connectivity index (χ1) is 9.44. The minimum Gasteiger partial charge on any atom is -0.311 e. The van der Waals surface area contributed by atoms with Gasteiger partial charge in [0.1, 0.15) is 0 Å². The number of benzene rings is 1. The topological polar surface area (TPSA) is 58.2 Å². The molecule has 2 heterocycles. The van der Waals surface area contributed by atoms with Crippen LogP contribution in [0, 0.1) is 6.92 Å². The molecule has 2 unspecified atom stereocenters. The average Bonchev–Trinajstić information content (AvgIpc) is 2.67. The predicted molar refractivity (Wildman–Crippen MR) is 82.2 cm³/mol. The van der Waals surface area contributed by atoms with E-state index in [1.165, 1.54) is 0 Å². The van der Waals surface area contributed by atoms with Gasteiger partial charge in [0.25, 0.3) is 0 Å². The van der Waals surface area contributed by atoms with Gasteiger partial charge < -0.3 is 5.32 Å². The molecule has 110 valence electrons. The molecule has 0 saturated carbocycles. The van der Waals surface area contributed by atoms with Crippen molar-refractivity contribution in [3.63, 3.8) is 0 Å². The molecule has 1 aromatic carbocycles. The van der Waals surface area contributed by atoms with E-state index < -0.39 is 10.0 Å². The van der Waals surface area contributed by atoms with Crippen LogP contribution in [0.25, 0.3) is 0 Å². The number of halogens is 1. The van der Waals surface area contributed by atoms with E-state index in [1.807, 2.05) is 19.1 Å². The Morgan fingerprint density at radius 1 is 1.25 bits per heavy atom. The van der Waals surface area contributed by atoms with Gasteiger partial charge in [-0.3, -0.25) is 0 Å². The molecule has 0 radical (unpaired) electrons. The Kier molecular flexibility index (Phi) is 3.92. The summed E-state index contributed by atoms with van der Waals surface area (Å²) in [6, 6.07) is 6.32. The molecule has 2 fully saturated rings. The number of hydrogen-bond donors (Lipinski definition) is 2. The van der Waals surface area contributed by atoms with E-state index in [9.17, 15) is 8.42 Å². The van der Waals surface area contributed by atoms with Crippen LogP contribution < -0.4 is 10.0 Å². The highest BCUT2D eigenvalue weighted by Gasteiger charge is 2.35. The summed E-state index contributed by atoms with van der Waals surface area (Å²) in [7, 11) is -3.45. The van der Waals surface area contributed by atoms with Crippen molar-refractivity contribution >= 4 is 26.0 Å². The molecule has 1 aromatic rings. The first kappa shape index (κ1) is 14.5. The van der Waals surface area contributed by atoms with E-state index in [0.717, 1.165) is 31.2 Å². The fourth-order valence-corrected chi connectivity index (χ4v) is 5.71. The normalized spacial score (nSPS) is 29.6. The maximum Gasteiger partial charge on any atom is 0.241 e. The van der Waals surface area contributed by atoms with Crippen molar-refractivity contribution in [3.8, 4) is 0 Å². The van der Waals surface area contributed by atoms with Crippen LogP contribution in [0.1, 0.15) is 31.2 Å². The first-order valence-corrected chi connectivity index (χ1v) is 9.26. The molecule has 2 saturated heterocycles. The van der Waals surface area contributed by atoms with Crippen LogP contribution in [0.2, 0.25) is 0 Å². The lowest BCUT2D eigenvalue weighted by atomic mass is 10.0. The summed E-state index contributed by atoms with van der Waals surface area (Å²) in [5, 5.41) is 3.52. The van der Waals surface area contributed by atoms with Crippen molar-refractivity contribution < 1.29 is 8.42 Å². The van der Waals surface area contributed by atoms with E-state index in [0.29, 0.717) is 21.5 Å². The fourth-order valence-electron chi connectivity index (χ4n) is 3.26. The Morgan fingerprint density at radius 2 is 1.90 bits per heavy atom. The Hall–Kier alpha value is -0.430. The molecule has 2 bridgehead atoms. The van der Waals surface area contributed by atoms with Gasteiger partial charge in [-0.2, -0.15) is 0 Å². The highest BCUT2D eigenvalue weighted by Crippen LogP contribution is 2.29. The predicted octanol–water partition coefficient (Wildman–Crippen LogP) is 2.32. The van der Waals surface area contributed by atoms with E-state index in [2.05, 4.69) is 26.0 Å². The van der Waals surface area contributed by atoms with Crippen molar-refractivity contribution in [2.45, 2.75) is 55.6 Å². The van der Waals surface area contributed by atoms with Crippen LogP contribution in [-0.2, 0) is 10.0 Å². The number of piperidine rings is 1. The highest BCUT2D eigenvalue weighted by atomic mass is 79.9. The second kappa shape index (κ2) is 5.40. The van der Waals surface area contributed by atoms with Crippen molar-refractivity contribution in [3.05, 3.63) is 28.2 Å². The first-order valence-electron chi connectivity index (χ1n) is 6.98. The van der Waals surface area contributed by atoms with Gasteiger partial charge in [0.05, 0.1) is 4.90 Å². The highest BCUT2D eigenvalue weighted by molar-refractivity contribution is 9.10. The summed E-state index contributed by atoms with van der Waals surface area (Å²) >= 11 is 3.35. The van der Waals surface area contributed by atoms with Gasteiger partial charge in [-0.15, -0.1) is 0 Å². The Bertz CT molecular complexity index is 606. The van der Waals surface area contributed by atoms with E-state index in [1.54, 1.807) is 6.07 Å². The minimum atomic E-state index is -3.45. The standard InChI is InChI=1S/C14H19BrN2O2S/c1-9-2-5-14(13(15)6-9)20(18,19)17-12-7-10-3-4-11(8-12)16-10/h2,5-6,10-12,16-17H,3-4,7-8H2,1H3. The summed E-state index contributed by atoms with van der Waals surface area (Å²) in [6.45, 7) is 1.94. The van der Waals surface area contributed by atoms with Gasteiger partial charge in [0.15, 0.2) is 0 Å². The zero-order valence-electron chi connectivity index (χ0n) is 11.4. The zero-order chi connectivity index (χ0) is 14.3. The molecular formula is C14H19BrN2O2S. The summed E-state index contributed by atoms with van der Waals surface area (Å²) in [5.41, 5.74) is 1.04. The number of sulfonamides is 1. The SMILES string of the molecule is Cc1ccc(S(=O)(=O)NC2CC3CCC(C2)N3)c(Br)c1. The Labute approximate surface area is 128 Å². The van der Waals surface area contributed by atoms with Gasteiger partial charge in [-0.1, -0.05) is 6.07 Å². The quantitative estimate of drug-likeness (QED) is 0.871. The van der Waals surface area contributed by atoms with Crippen LogP contribution >= 0.6 is 15.9 Å². The van der Waals surface area contributed by atoms with Crippen molar-refractivity contribution in [2.75, 3.05) is 0 Å². The maximum atomic E-state index is 12.5. The molecule has 2 aliphatic rings. The van der Waals surface area contributed by atoms with Gasteiger partial charge in [-0.05, 0) is 66.2 Å². The maximum absolute atomic E-state index is 12.5. The molecule has 20 heavy (non-hydrogen) atoms. The molecule has 4 nitrogen and oxygen atoms in total. The van der Waals surface area contributed by atoms with Gasteiger partial charge in [-0.25, -0.2) is 13.1 Å². The molecule has 2 N–H and O–H groups in total. The van der Waals surface area contributed by atoms with E-state index in [4.69, 9.17) is 0 Å². The summed E-state index contributed by atoms with van der Waals surface area (Å²) < 4.78 is 28.5. The van der Waals surface area contributed by atoms with Gasteiger partial charge >= 0.3 is 0 Å². The molecule has 0 aromatic heterocycles. The summed E-state index contributed by atoms with van der Waals surface area (Å²) in [4.78, 5) is 0.328. The van der Waals surface area contributed by atoms with Crippen molar-refractivity contribution in [1.29, 1.82) is 0 Å². The van der Waals surface area contributed by atoms with Crippen LogP contribution in [0.4, 0.5) is 0 Å². The fraction of sp³-hybridized carbons (Fsp3) is 0.571. The average molecular weight is 359 g/mol. The third-order valence-corrected chi connectivity index (χ3v) is 6.67. The molecule has 3 rings (SSSR count). The third kappa shape index (κ3) is 2.93. The van der Waals surface area contributed by atoms with Crippen LogP contribution in [-0.4, -0.2) is 26.5 Å². The smallest absolute Gasteiger partial charge is 0.241 e. The van der Waals surface area contributed by atoms with Crippen LogP contribution in [0.3, 0.4) is 0 Å². The summed E-state index contributed by atoms with van der Waals surface area (Å²) in [6.07, 6.45) is 4.10. The van der Waals surface area contributed by atoms with E-state index >= 15 is 0 Å². The lowest BCUT2D eigenvalue weighted by Crippen LogP contribution is -2.47. The number of hydrogen-bond acceptors (Lipinski definition) is 3. The zero-order valence-corrected chi connectivity index (χ0v) is 13.8. The van der Waals surface area contributed by atoms with Crippen LogP contribution in [0.15, 0.2) is 27.6 Å². The van der Waals surface area contributed by atoms with Gasteiger partial charge in [0.2, 0.25) is 10.0 Å². The second-order valence-electron chi connectivity index (χ2n) is 5.86. The molecule has 2 aliphatic heterocycles. The minimum absolute atomic E-state index is 0.0481. The lowest BCUT2D eigenvalue weighted by molar-refractivity contribution is 0.345. The second-order valence-corrected chi connectivity index (χ2v) is 8.40. The Morgan fingerprint density at radius 3 is 2.50 bits per heavy atom. The number of rotatable bonds is 3. The molecule has 0 aliphatic carbocycles. The third-order valence-electron chi connectivity index (χ3n) is 4.17. The molecule has 2 atom stereocenters. The monoisotopic (exact) mass is 358 g/mol. The molecule has 0 amide bonds. The lowest BCUT2D eigenvalue weighted by Gasteiger charge is -2.29. The van der Waals surface area contributed by atoms with Crippen LogP contribution in [0.5, 0.6) is 0 Å².